The van der Waals surface area contributed by atoms with Crippen molar-refractivity contribution in [1.82, 2.24) is 0 Å². The van der Waals surface area contributed by atoms with Crippen molar-refractivity contribution in [1.29, 1.82) is 0 Å². The van der Waals surface area contributed by atoms with E-state index in [0.29, 0.717) is 6.42 Å². The monoisotopic (exact) mass is 511 g/mol. The summed E-state index contributed by atoms with van der Waals surface area (Å²) in [6.45, 7) is 2.21. The second-order valence-electron chi connectivity index (χ2n) is 8.30. The van der Waals surface area contributed by atoms with E-state index in [9.17, 15) is 9.90 Å². The van der Waals surface area contributed by atoms with Crippen LogP contribution in [0, 0.1) is 0 Å². The smallest absolute Gasteiger partial charge is 0.310 e. The molecule has 4 heteroatoms. The second-order valence-corrected chi connectivity index (χ2v) is 14.2. The summed E-state index contributed by atoms with van der Waals surface area (Å²) >= 11 is 4.18. The summed E-state index contributed by atoms with van der Waals surface area (Å²) in [6, 6.07) is 29.2. The number of rotatable bonds is 12. The Morgan fingerprint density at radius 3 is 1.88 bits per heavy atom. The predicted molar refractivity (Wildman–Crippen MR) is 142 cm³/mol. The van der Waals surface area contributed by atoms with Crippen molar-refractivity contribution in [3.8, 4) is 0 Å². The molecule has 32 heavy (non-hydrogen) atoms. The molecule has 1 N–H and O–H groups in total. The molecule has 0 heterocycles. The topological polar surface area (TPSA) is 37.3 Å². The van der Waals surface area contributed by atoms with Gasteiger partial charge in [-0.15, -0.1) is 0 Å². The number of hydrogen-bond donors (Lipinski definition) is 1. The molecule has 0 saturated heterocycles. The first-order valence-electron chi connectivity index (χ1n) is 11.6. The maximum Gasteiger partial charge on any atom is 0.310 e. The van der Waals surface area contributed by atoms with Crippen LogP contribution >= 0.6 is 21.5 Å². The third-order valence-electron chi connectivity index (χ3n) is 6.00. The van der Waals surface area contributed by atoms with Gasteiger partial charge in [-0.1, -0.05) is 94.0 Å². The molecule has 1 atom stereocenters. The van der Waals surface area contributed by atoms with Gasteiger partial charge < -0.3 is 5.11 Å². The average molecular weight is 512 g/mol. The Kier molecular flexibility index (Phi) is 9.51. The van der Waals surface area contributed by atoms with E-state index in [0.717, 1.165) is 23.7 Å². The Morgan fingerprint density at radius 1 is 0.781 bits per heavy atom. The van der Waals surface area contributed by atoms with Gasteiger partial charge in [0.1, 0.15) is 15.9 Å². The van der Waals surface area contributed by atoms with E-state index in [1.54, 1.807) is 0 Å². The quantitative estimate of drug-likeness (QED) is 0.206. The number of carbonyl (C=O) groups is 1. The van der Waals surface area contributed by atoms with Crippen molar-refractivity contribution >= 4 is 43.3 Å². The molecule has 168 valence electrons. The van der Waals surface area contributed by atoms with Gasteiger partial charge in [0, 0.05) is 0 Å². The summed E-state index contributed by atoms with van der Waals surface area (Å²) in [4.78, 5) is 12.2. The lowest BCUT2D eigenvalue weighted by Gasteiger charge is -2.21. The Labute approximate surface area is 201 Å². The van der Waals surface area contributed by atoms with Crippen molar-refractivity contribution in [2.75, 3.05) is 0 Å². The van der Waals surface area contributed by atoms with Crippen LogP contribution in [0.4, 0.5) is 0 Å². The summed E-state index contributed by atoms with van der Waals surface area (Å²) < 4.78 is 0. The van der Waals surface area contributed by atoms with Crippen LogP contribution in [0.15, 0.2) is 84.9 Å². The Morgan fingerprint density at radius 2 is 1.31 bits per heavy atom. The predicted octanol–water partition coefficient (Wildman–Crippen LogP) is 7.21. The minimum absolute atomic E-state index is 0.464. The molecule has 0 fully saturated rings. The number of halogens is 1. The molecule has 1 unspecified atom stereocenters. The molecule has 0 amide bonds. The zero-order chi connectivity index (χ0) is 22.8. The van der Waals surface area contributed by atoms with Crippen LogP contribution in [0.1, 0.15) is 63.4 Å². The minimum Gasteiger partial charge on any atom is -0.481 e. The van der Waals surface area contributed by atoms with E-state index >= 15 is 0 Å². The van der Waals surface area contributed by atoms with Gasteiger partial charge in [-0.2, -0.15) is 0 Å². The van der Waals surface area contributed by atoms with Gasteiger partial charge in [0.05, 0.1) is 5.92 Å². The molecule has 3 aromatic carbocycles. The maximum absolute atomic E-state index is 12.2. The van der Waals surface area contributed by atoms with E-state index in [-0.39, 0.29) is 0 Å². The van der Waals surface area contributed by atoms with Crippen LogP contribution < -0.4 is 15.9 Å². The fourth-order valence-electron chi connectivity index (χ4n) is 4.21. The summed E-state index contributed by atoms with van der Waals surface area (Å²) in [6.07, 6.45) is 7.68. The van der Waals surface area contributed by atoms with E-state index in [2.05, 4.69) is 83.1 Å². The number of carboxylic acids is 1. The highest BCUT2D eigenvalue weighted by Crippen LogP contribution is 2.62. The van der Waals surface area contributed by atoms with E-state index in [4.69, 9.17) is 0 Å². The Balaban J connectivity index is 1.91. The molecule has 0 aliphatic heterocycles. The second kappa shape index (κ2) is 12.3. The third kappa shape index (κ3) is 6.09. The summed E-state index contributed by atoms with van der Waals surface area (Å²) in [7, 11) is 0. The zero-order valence-corrected chi connectivity index (χ0v) is 21.3. The Bertz CT molecular complexity index is 935. The van der Waals surface area contributed by atoms with Gasteiger partial charge in [0.15, 0.2) is 21.5 Å². The number of aliphatic carboxylic acids is 1. The highest BCUT2D eigenvalue weighted by atomic mass is 79.9. The largest absolute Gasteiger partial charge is 0.481 e. The zero-order valence-electron chi connectivity index (χ0n) is 18.8. The van der Waals surface area contributed by atoms with Crippen molar-refractivity contribution in [2.24, 2.45) is 0 Å². The standard InChI is InChI=1S/C28H32BrO2P/c1-2-3-4-5-6-13-21-27(28(30)31)23-15-14-20-26(22-23)32(29,24-16-9-7-10-17-24)25-18-11-8-12-19-25/h7-12,14-20,22,27H,2-6,13,21H2,1H3/p+1. The lowest BCUT2D eigenvalue weighted by molar-refractivity contribution is -0.139. The first kappa shape index (κ1) is 24.7. The van der Waals surface area contributed by atoms with Crippen molar-refractivity contribution in [2.45, 2.75) is 57.8 Å². The normalized spacial score (nSPS) is 12.4. The molecular formula is C28H33BrO2P+. The molecule has 3 rings (SSSR count). The lowest BCUT2D eigenvalue weighted by atomic mass is 9.93. The number of carboxylic acid groups (broad SMARTS) is 1. The van der Waals surface area contributed by atoms with Crippen LogP contribution in [0.2, 0.25) is 0 Å². The van der Waals surface area contributed by atoms with Gasteiger partial charge in [-0.3, -0.25) is 4.79 Å². The average Bonchev–Trinajstić information content (AvgIpc) is 2.84. The minimum atomic E-state index is -2.05. The van der Waals surface area contributed by atoms with Gasteiger partial charge in [-0.05, 0) is 48.4 Å². The highest BCUT2D eigenvalue weighted by molar-refractivity contribution is 9.44. The highest BCUT2D eigenvalue weighted by Gasteiger charge is 2.44. The summed E-state index contributed by atoms with van der Waals surface area (Å²) in [5.74, 6) is -3.24. The molecule has 0 bridgehead atoms. The van der Waals surface area contributed by atoms with Gasteiger partial charge in [-0.25, -0.2) is 0 Å². The maximum atomic E-state index is 12.2. The molecule has 0 saturated carbocycles. The van der Waals surface area contributed by atoms with Gasteiger partial charge in [0.25, 0.3) is 0 Å². The van der Waals surface area contributed by atoms with Crippen LogP contribution in [0.25, 0.3) is 0 Å². The SMILES string of the molecule is CCCCCCCCC(C(=O)O)c1cccc([P+](Br)(c2ccccc2)c2ccccc2)c1. The van der Waals surface area contributed by atoms with Crippen molar-refractivity contribution in [3.05, 3.63) is 90.5 Å². The molecule has 3 aromatic rings. The van der Waals surface area contributed by atoms with Crippen LogP contribution in [-0.4, -0.2) is 11.1 Å². The fourth-order valence-corrected chi connectivity index (χ4v) is 8.97. The fraction of sp³-hybridized carbons (Fsp3) is 0.321. The van der Waals surface area contributed by atoms with Crippen molar-refractivity contribution < 1.29 is 9.90 Å². The van der Waals surface area contributed by atoms with Gasteiger partial charge >= 0.3 is 5.97 Å². The molecule has 2 nitrogen and oxygen atoms in total. The van der Waals surface area contributed by atoms with E-state index in [1.807, 2.05) is 24.3 Å². The van der Waals surface area contributed by atoms with Crippen molar-refractivity contribution in [3.63, 3.8) is 0 Å². The molecule has 0 aliphatic rings. The van der Waals surface area contributed by atoms with Crippen LogP contribution in [0.3, 0.4) is 0 Å². The molecule has 0 radical (unpaired) electrons. The summed E-state index contributed by atoms with van der Waals surface area (Å²) in [5, 5.41) is 13.6. The molecule has 0 aromatic heterocycles. The first-order chi connectivity index (χ1) is 15.6. The first-order valence-corrected chi connectivity index (χ1v) is 15.4. The van der Waals surface area contributed by atoms with Crippen LogP contribution in [-0.2, 0) is 4.79 Å². The molecule has 0 spiro atoms. The Hall–Kier alpha value is -1.96. The lowest BCUT2D eigenvalue weighted by Crippen LogP contribution is -2.27. The molecular weight excluding hydrogens is 479 g/mol. The van der Waals surface area contributed by atoms with E-state index < -0.39 is 17.9 Å². The number of hydrogen-bond acceptors (Lipinski definition) is 1. The third-order valence-corrected chi connectivity index (χ3v) is 12.7. The van der Waals surface area contributed by atoms with Crippen LogP contribution in [0.5, 0.6) is 0 Å². The van der Waals surface area contributed by atoms with Gasteiger partial charge in [0.2, 0.25) is 0 Å². The summed E-state index contributed by atoms with van der Waals surface area (Å²) in [5.41, 5.74) is 0.902. The number of unbranched alkanes of at least 4 members (excludes halogenated alkanes) is 5. The number of benzene rings is 3. The van der Waals surface area contributed by atoms with E-state index in [1.165, 1.54) is 36.3 Å². The molecule has 0 aliphatic carbocycles.